The van der Waals surface area contributed by atoms with Gasteiger partial charge in [0.15, 0.2) is 0 Å². The van der Waals surface area contributed by atoms with Gasteiger partial charge in [0.05, 0.1) is 12.3 Å². The topological polar surface area (TPSA) is 128 Å². The standard InChI is InChI=1S/C10H17N3O5S/c11-3-1-2-9(16)18-10(17)5-13-7(14)4-12-8(15)6-19/h19H,1-6,11H2,(H,12,15)(H,13,14). The van der Waals surface area contributed by atoms with Gasteiger partial charge in [-0.3, -0.25) is 14.4 Å². The fourth-order valence-electron chi connectivity index (χ4n) is 0.928. The second-order valence-corrected chi connectivity index (χ2v) is 3.77. The second-order valence-electron chi connectivity index (χ2n) is 3.45. The van der Waals surface area contributed by atoms with Gasteiger partial charge in [-0.2, -0.15) is 12.6 Å². The lowest BCUT2D eigenvalue weighted by atomic mass is 10.3. The predicted octanol–water partition coefficient (Wildman–Crippen LogP) is -2.04. The molecule has 0 saturated carbocycles. The van der Waals surface area contributed by atoms with Crippen LogP contribution in [0.25, 0.3) is 0 Å². The van der Waals surface area contributed by atoms with E-state index in [2.05, 4.69) is 28.0 Å². The number of nitrogens with two attached hydrogens (primary N) is 1. The quantitative estimate of drug-likeness (QED) is 0.232. The van der Waals surface area contributed by atoms with Crippen LogP contribution < -0.4 is 16.4 Å². The molecular weight excluding hydrogens is 274 g/mol. The number of amides is 2. The van der Waals surface area contributed by atoms with Crippen molar-refractivity contribution in [1.29, 1.82) is 0 Å². The van der Waals surface area contributed by atoms with E-state index in [9.17, 15) is 19.2 Å². The van der Waals surface area contributed by atoms with Crippen LogP contribution in [0.4, 0.5) is 0 Å². The Balaban J connectivity index is 3.74. The fourth-order valence-corrected chi connectivity index (χ4v) is 1.04. The number of rotatable bonds is 8. The SMILES string of the molecule is NCCCC(=O)OC(=O)CNC(=O)CNC(=O)CS. The van der Waals surface area contributed by atoms with E-state index >= 15 is 0 Å². The average molecular weight is 291 g/mol. The van der Waals surface area contributed by atoms with E-state index < -0.39 is 30.3 Å². The van der Waals surface area contributed by atoms with Crippen LogP contribution in [0.15, 0.2) is 0 Å². The van der Waals surface area contributed by atoms with Gasteiger partial charge in [-0.1, -0.05) is 0 Å². The number of ether oxygens (including phenoxy) is 1. The van der Waals surface area contributed by atoms with Crippen molar-refractivity contribution in [3.8, 4) is 0 Å². The Morgan fingerprint density at radius 2 is 1.63 bits per heavy atom. The number of carbonyl (C=O) groups excluding carboxylic acids is 4. The molecule has 0 aliphatic rings. The van der Waals surface area contributed by atoms with E-state index in [1.54, 1.807) is 0 Å². The summed E-state index contributed by atoms with van der Waals surface area (Å²) in [6.07, 6.45) is 0.475. The highest BCUT2D eigenvalue weighted by atomic mass is 32.1. The first-order valence-corrected chi connectivity index (χ1v) is 6.20. The van der Waals surface area contributed by atoms with Gasteiger partial charge >= 0.3 is 11.9 Å². The zero-order valence-corrected chi connectivity index (χ0v) is 11.2. The molecule has 0 aromatic rings. The summed E-state index contributed by atoms with van der Waals surface area (Å²) >= 11 is 3.70. The Bertz CT molecular complexity index is 348. The molecular formula is C10H17N3O5S. The minimum Gasteiger partial charge on any atom is -0.392 e. The highest BCUT2D eigenvalue weighted by Gasteiger charge is 2.11. The van der Waals surface area contributed by atoms with E-state index in [-0.39, 0.29) is 18.7 Å². The van der Waals surface area contributed by atoms with Crippen LogP contribution in [0.2, 0.25) is 0 Å². The first-order valence-electron chi connectivity index (χ1n) is 5.57. The summed E-state index contributed by atoms with van der Waals surface area (Å²) < 4.78 is 4.40. The number of hydrogen-bond donors (Lipinski definition) is 4. The van der Waals surface area contributed by atoms with Crippen molar-refractivity contribution in [2.75, 3.05) is 25.4 Å². The Hall–Kier alpha value is -1.61. The predicted molar refractivity (Wildman–Crippen MR) is 69.3 cm³/mol. The van der Waals surface area contributed by atoms with Gasteiger partial charge in [-0.25, -0.2) is 4.79 Å². The molecule has 8 nitrogen and oxygen atoms in total. The molecule has 0 heterocycles. The maximum absolute atomic E-state index is 11.2. The summed E-state index contributed by atoms with van der Waals surface area (Å²) in [5.74, 6) is -2.56. The maximum atomic E-state index is 11.2. The van der Waals surface area contributed by atoms with E-state index in [4.69, 9.17) is 5.73 Å². The van der Waals surface area contributed by atoms with Crippen molar-refractivity contribution in [2.24, 2.45) is 5.73 Å². The molecule has 0 aliphatic heterocycles. The first kappa shape index (κ1) is 17.4. The lowest BCUT2D eigenvalue weighted by Gasteiger charge is -2.05. The van der Waals surface area contributed by atoms with Crippen LogP contribution in [-0.2, 0) is 23.9 Å². The molecule has 0 radical (unpaired) electrons. The zero-order valence-electron chi connectivity index (χ0n) is 10.3. The van der Waals surface area contributed by atoms with Crippen LogP contribution in [0.3, 0.4) is 0 Å². The third-order valence-corrected chi connectivity index (χ3v) is 2.12. The molecule has 0 aromatic heterocycles. The first-order chi connectivity index (χ1) is 8.99. The lowest BCUT2D eigenvalue weighted by Crippen LogP contribution is -2.40. The van der Waals surface area contributed by atoms with Crippen molar-refractivity contribution in [3.05, 3.63) is 0 Å². The van der Waals surface area contributed by atoms with Gasteiger partial charge in [0, 0.05) is 6.42 Å². The molecule has 0 spiro atoms. The smallest absolute Gasteiger partial charge is 0.333 e. The number of hydrogen-bond acceptors (Lipinski definition) is 7. The number of esters is 2. The minimum absolute atomic E-state index is 0.0367. The number of thiol groups is 1. The van der Waals surface area contributed by atoms with Crippen LogP contribution in [0.1, 0.15) is 12.8 Å². The second kappa shape index (κ2) is 10.3. The highest BCUT2D eigenvalue weighted by Crippen LogP contribution is 1.91. The largest absolute Gasteiger partial charge is 0.392 e. The van der Waals surface area contributed by atoms with Crippen molar-refractivity contribution >= 4 is 36.4 Å². The fraction of sp³-hybridized carbons (Fsp3) is 0.600. The van der Waals surface area contributed by atoms with Crippen molar-refractivity contribution < 1.29 is 23.9 Å². The van der Waals surface area contributed by atoms with Gasteiger partial charge in [0.25, 0.3) is 0 Å². The van der Waals surface area contributed by atoms with Gasteiger partial charge in [0.1, 0.15) is 6.54 Å². The van der Waals surface area contributed by atoms with Gasteiger partial charge < -0.3 is 21.1 Å². The average Bonchev–Trinajstić information content (AvgIpc) is 2.39. The van der Waals surface area contributed by atoms with Crippen molar-refractivity contribution in [3.63, 3.8) is 0 Å². The van der Waals surface area contributed by atoms with Crippen molar-refractivity contribution in [1.82, 2.24) is 10.6 Å². The Morgan fingerprint density at radius 1 is 1.00 bits per heavy atom. The summed E-state index contributed by atoms with van der Waals surface area (Å²) in [5.41, 5.74) is 5.19. The molecule has 0 aromatic carbocycles. The van der Waals surface area contributed by atoms with Crippen molar-refractivity contribution in [2.45, 2.75) is 12.8 Å². The van der Waals surface area contributed by atoms with E-state index in [1.807, 2.05) is 0 Å². The molecule has 0 fully saturated rings. The monoisotopic (exact) mass is 291 g/mol. The highest BCUT2D eigenvalue weighted by molar-refractivity contribution is 7.81. The molecule has 4 N–H and O–H groups in total. The molecule has 2 amide bonds. The van der Waals surface area contributed by atoms with Gasteiger partial charge in [-0.05, 0) is 13.0 Å². The molecule has 108 valence electrons. The Morgan fingerprint density at radius 3 is 2.21 bits per heavy atom. The summed E-state index contributed by atoms with van der Waals surface area (Å²) in [7, 11) is 0. The van der Waals surface area contributed by atoms with E-state index in [1.165, 1.54) is 0 Å². The van der Waals surface area contributed by atoms with Crippen LogP contribution in [-0.4, -0.2) is 49.1 Å². The lowest BCUT2D eigenvalue weighted by molar-refractivity contribution is -0.159. The third-order valence-electron chi connectivity index (χ3n) is 1.83. The van der Waals surface area contributed by atoms with Gasteiger partial charge in [0.2, 0.25) is 11.8 Å². The molecule has 19 heavy (non-hydrogen) atoms. The molecule has 0 unspecified atom stereocenters. The van der Waals surface area contributed by atoms with Gasteiger partial charge in [-0.15, -0.1) is 0 Å². The molecule has 0 atom stereocenters. The molecule has 0 bridgehead atoms. The minimum atomic E-state index is -0.865. The van der Waals surface area contributed by atoms with E-state index in [0.717, 1.165) is 0 Å². The number of carbonyl (C=O) groups is 4. The Kier molecular flexibility index (Phi) is 9.45. The zero-order chi connectivity index (χ0) is 14.7. The van der Waals surface area contributed by atoms with E-state index in [0.29, 0.717) is 13.0 Å². The number of nitrogens with one attached hydrogen (secondary N) is 2. The molecule has 0 saturated heterocycles. The van der Waals surface area contributed by atoms with Crippen LogP contribution in [0, 0.1) is 0 Å². The Labute approximate surface area is 115 Å². The summed E-state index contributed by atoms with van der Waals surface area (Å²) in [4.78, 5) is 44.1. The summed E-state index contributed by atoms with van der Waals surface area (Å²) in [6, 6.07) is 0. The normalized spacial score (nSPS) is 9.58. The van der Waals surface area contributed by atoms with Crippen LogP contribution in [0.5, 0.6) is 0 Å². The molecule has 0 rings (SSSR count). The summed E-state index contributed by atoms with van der Waals surface area (Å²) in [6.45, 7) is -0.386. The summed E-state index contributed by atoms with van der Waals surface area (Å²) in [5, 5.41) is 4.46. The molecule has 9 heteroatoms. The van der Waals surface area contributed by atoms with Crippen LogP contribution >= 0.6 is 12.6 Å². The molecule has 0 aliphatic carbocycles. The maximum Gasteiger partial charge on any atom is 0.333 e. The third kappa shape index (κ3) is 10.0.